The fraction of sp³-hybridized carbons (Fsp3) is 0.857. The summed E-state index contributed by atoms with van der Waals surface area (Å²) in [5.74, 6) is -0.336. The molecule has 2 aliphatic heterocycles. The number of likely N-dealkylation sites (tertiary alicyclic amines) is 1. The van der Waals surface area contributed by atoms with Crippen molar-refractivity contribution in [3.63, 3.8) is 0 Å². The number of ether oxygens (including phenoxy) is 1. The third kappa shape index (κ3) is 5.51. The Labute approximate surface area is 125 Å². The molecule has 2 aliphatic rings. The van der Waals surface area contributed by atoms with E-state index >= 15 is 0 Å². The maximum Gasteiger partial charge on any atom is 0.407 e. The van der Waals surface area contributed by atoms with Gasteiger partial charge in [0, 0.05) is 33.1 Å². The van der Waals surface area contributed by atoms with E-state index in [2.05, 4.69) is 19.2 Å². The summed E-state index contributed by atoms with van der Waals surface area (Å²) in [5, 5.41) is 19.8. The van der Waals surface area contributed by atoms with Crippen molar-refractivity contribution < 1.29 is 24.5 Å². The highest BCUT2D eigenvalue weighted by Crippen LogP contribution is 2.31. The van der Waals surface area contributed by atoms with Crippen LogP contribution in [0.15, 0.2) is 0 Å². The molecule has 0 aromatic carbocycles. The van der Waals surface area contributed by atoms with Crippen LogP contribution < -0.4 is 5.32 Å². The molecule has 2 heterocycles. The van der Waals surface area contributed by atoms with Crippen molar-refractivity contribution in [3.8, 4) is 0 Å². The number of morpholine rings is 1. The lowest BCUT2D eigenvalue weighted by atomic mass is 9.88. The molecule has 122 valence electrons. The number of nitrogens with one attached hydrogen (secondary N) is 1. The summed E-state index contributed by atoms with van der Waals surface area (Å²) in [6.45, 7) is 8.34. The number of carboxylic acid groups (broad SMARTS) is 2. The van der Waals surface area contributed by atoms with Gasteiger partial charge in [-0.2, -0.15) is 0 Å². The Morgan fingerprint density at radius 3 is 2.24 bits per heavy atom. The van der Waals surface area contributed by atoms with Crippen LogP contribution in [0, 0.1) is 5.92 Å². The predicted octanol–water partition coefficient (Wildman–Crippen LogP) is 1.23. The Morgan fingerprint density at radius 1 is 1.29 bits per heavy atom. The molecule has 1 atom stereocenters. The smallest absolute Gasteiger partial charge is 0.407 e. The minimum atomic E-state index is -0.833. The Hall–Kier alpha value is -1.34. The largest absolute Gasteiger partial charge is 0.481 e. The van der Waals surface area contributed by atoms with Gasteiger partial charge in [-0.25, -0.2) is 4.79 Å². The molecule has 0 radical (unpaired) electrons. The van der Waals surface area contributed by atoms with Crippen molar-refractivity contribution in [2.75, 3.05) is 26.2 Å². The number of hydrogen-bond donors (Lipinski definition) is 3. The van der Waals surface area contributed by atoms with Crippen LogP contribution in [-0.4, -0.2) is 65.1 Å². The zero-order valence-corrected chi connectivity index (χ0v) is 13.0. The van der Waals surface area contributed by atoms with Gasteiger partial charge in [0.2, 0.25) is 0 Å². The standard InChI is InChI=1S/C12H22N2O3.C2H4O2/c1-9(2)10-7-13-8-12(17-10)3-5-14(6-4-12)11(15)16;1-2(3)4/h9-10,13H,3-8H2,1-2H3,(H,15,16);1H3,(H,3,4). The first-order valence-corrected chi connectivity index (χ1v) is 7.32. The molecule has 1 unspecified atom stereocenters. The molecule has 0 bridgehead atoms. The molecule has 1 spiro atoms. The molecule has 3 N–H and O–H groups in total. The normalized spacial score (nSPS) is 24.4. The summed E-state index contributed by atoms with van der Waals surface area (Å²) in [6, 6.07) is 0. The second kappa shape index (κ2) is 7.61. The molecule has 2 fully saturated rings. The van der Waals surface area contributed by atoms with Crippen molar-refractivity contribution in [2.45, 2.75) is 45.3 Å². The third-order valence-electron chi connectivity index (χ3n) is 3.88. The number of piperidine rings is 1. The van der Waals surface area contributed by atoms with Crippen LogP contribution in [0.5, 0.6) is 0 Å². The SMILES string of the molecule is CC(=O)O.CC(C)C1CNCC2(CCN(C(=O)O)CC2)O1. The van der Waals surface area contributed by atoms with Gasteiger partial charge in [-0.05, 0) is 18.8 Å². The number of carboxylic acids is 1. The van der Waals surface area contributed by atoms with E-state index < -0.39 is 12.1 Å². The lowest BCUT2D eigenvalue weighted by Gasteiger charge is -2.47. The first-order chi connectivity index (χ1) is 9.76. The molecule has 1 amide bonds. The van der Waals surface area contributed by atoms with Crippen LogP contribution in [0.25, 0.3) is 0 Å². The van der Waals surface area contributed by atoms with E-state index in [1.54, 1.807) is 0 Å². The van der Waals surface area contributed by atoms with Gasteiger partial charge in [0.15, 0.2) is 0 Å². The van der Waals surface area contributed by atoms with Crippen LogP contribution >= 0.6 is 0 Å². The summed E-state index contributed by atoms with van der Waals surface area (Å²) >= 11 is 0. The van der Waals surface area contributed by atoms with Crippen molar-refractivity contribution in [3.05, 3.63) is 0 Å². The second-order valence-electron chi connectivity index (χ2n) is 6.00. The summed E-state index contributed by atoms with van der Waals surface area (Å²) < 4.78 is 6.22. The molecule has 0 aromatic rings. The van der Waals surface area contributed by atoms with Gasteiger partial charge in [-0.3, -0.25) is 4.79 Å². The fourth-order valence-electron chi connectivity index (χ4n) is 2.62. The average molecular weight is 302 g/mol. The lowest BCUT2D eigenvalue weighted by Crippen LogP contribution is -2.59. The maximum absolute atomic E-state index is 10.9. The molecule has 21 heavy (non-hydrogen) atoms. The first-order valence-electron chi connectivity index (χ1n) is 7.32. The third-order valence-corrected chi connectivity index (χ3v) is 3.88. The quantitative estimate of drug-likeness (QED) is 0.674. The van der Waals surface area contributed by atoms with Gasteiger partial charge in [-0.15, -0.1) is 0 Å². The number of nitrogens with zero attached hydrogens (tertiary/aromatic N) is 1. The van der Waals surface area contributed by atoms with E-state index in [1.807, 2.05) is 0 Å². The van der Waals surface area contributed by atoms with Crippen LogP contribution in [0.4, 0.5) is 4.79 Å². The van der Waals surface area contributed by atoms with Crippen LogP contribution in [0.3, 0.4) is 0 Å². The monoisotopic (exact) mass is 302 g/mol. The van der Waals surface area contributed by atoms with Gasteiger partial charge < -0.3 is 25.2 Å². The zero-order chi connectivity index (χ0) is 16.0. The lowest BCUT2D eigenvalue weighted by molar-refractivity contribution is -0.152. The van der Waals surface area contributed by atoms with E-state index in [0.717, 1.165) is 32.9 Å². The molecule has 7 nitrogen and oxygen atoms in total. The highest BCUT2D eigenvalue weighted by molar-refractivity contribution is 5.65. The number of rotatable bonds is 1. The van der Waals surface area contributed by atoms with Crippen molar-refractivity contribution in [1.29, 1.82) is 0 Å². The highest BCUT2D eigenvalue weighted by Gasteiger charge is 2.41. The van der Waals surface area contributed by atoms with Gasteiger partial charge in [0.1, 0.15) is 0 Å². The van der Waals surface area contributed by atoms with Gasteiger partial charge in [0.25, 0.3) is 5.97 Å². The minimum absolute atomic E-state index is 0.140. The first kappa shape index (κ1) is 17.7. The van der Waals surface area contributed by atoms with Gasteiger partial charge >= 0.3 is 6.09 Å². The number of carbonyl (C=O) groups is 2. The predicted molar refractivity (Wildman–Crippen MR) is 77.5 cm³/mol. The van der Waals surface area contributed by atoms with E-state index in [1.165, 1.54) is 4.90 Å². The molecule has 0 saturated carbocycles. The van der Waals surface area contributed by atoms with Crippen molar-refractivity contribution >= 4 is 12.1 Å². The van der Waals surface area contributed by atoms with E-state index in [0.29, 0.717) is 19.0 Å². The number of amides is 1. The second-order valence-corrected chi connectivity index (χ2v) is 6.00. The Bertz CT molecular complexity index is 360. The van der Waals surface area contributed by atoms with Gasteiger partial charge in [-0.1, -0.05) is 13.8 Å². The van der Waals surface area contributed by atoms with E-state index in [-0.39, 0.29) is 11.7 Å². The number of hydrogen-bond acceptors (Lipinski definition) is 4. The summed E-state index contributed by atoms with van der Waals surface area (Å²) in [7, 11) is 0. The summed E-state index contributed by atoms with van der Waals surface area (Å²) in [5.41, 5.74) is -0.140. The molecule has 7 heteroatoms. The fourth-order valence-corrected chi connectivity index (χ4v) is 2.62. The van der Waals surface area contributed by atoms with Crippen LogP contribution in [0.2, 0.25) is 0 Å². The minimum Gasteiger partial charge on any atom is -0.481 e. The maximum atomic E-state index is 10.9. The highest BCUT2D eigenvalue weighted by atomic mass is 16.5. The Morgan fingerprint density at radius 2 is 1.81 bits per heavy atom. The molecular formula is C14H26N2O5. The van der Waals surface area contributed by atoms with Crippen molar-refractivity contribution in [1.82, 2.24) is 10.2 Å². The average Bonchev–Trinajstić information content (AvgIpc) is 2.38. The molecule has 0 aromatic heterocycles. The topological polar surface area (TPSA) is 99.1 Å². The molecule has 2 rings (SSSR count). The Kier molecular flexibility index (Phi) is 6.42. The van der Waals surface area contributed by atoms with Crippen molar-refractivity contribution in [2.24, 2.45) is 5.92 Å². The number of aliphatic carboxylic acids is 1. The van der Waals surface area contributed by atoms with E-state index in [4.69, 9.17) is 19.7 Å². The van der Waals surface area contributed by atoms with Crippen LogP contribution in [-0.2, 0) is 9.53 Å². The summed E-state index contributed by atoms with van der Waals surface area (Å²) in [4.78, 5) is 21.3. The van der Waals surface area contributed by atoms with E-state index in [9.17, 15) is 4.79 Å². The van der Waals surface area contributed by atoms with Crippen LogP contribution in [0.1, 0.15) is 33.6 Å². The molecular weight excluding hydrogens is 276 g/mol. The van der Waals surface area contributed by atoms with Gasteiger partial charge in [0.05, 0.1) is 11.7 Å². The molecule has 0 aliphatic carbocycles. The summed E-state index contributed by atoms with van der Waals surface area (Å²) in [6.07, 6.45) is 1.04. The molecule has 2 saturated heterocycles. The Balaban J connectivity index is 0.000000491. The zero-order valence-electron chi connectivity index (χ0n) is 13.0.